The number of nitrogens with two attached hydrogens (primary N) is 1. The van der Waals surface area contributed by atoms with E-state index in [9.17, 15) is 9.18 Å². The number of fused-ring (bicyclic) bond motifs is 1. The summed E-state index contributed by atoms with van der Waals surface area (Å²) in [6.45, 7) is 1.74. The van der Waals surface area contributed by atoms with Crippen LogP contribution in [0.2, 0.25) is 0 Å². The Morgan fingerprint density at radius 3 is 2.73 bits per heavy atom. The third-order valence-corrected chi connectivity index (χ3v) is 4.96. The highest BCUT2D eigenvalue weighted by atomic mass is 19.1. The zero-order valence-corrected chi connectivity index (χ0v) is 14.2. The number of primary amides is 1. The molecule has 0 saturated carbocycles. The van der Waals surface area contributed by atoms with Gasteiger partial charge in [-0.2, -0.15) is 5.10 Å². The van der Waals surface area contributed by atoms with Gasteiger partial charge in [0, 0.05) is 11.6 Å². The average Bonchev–Trinajstić information content (AvgIpc) is 3.05. The molecule has 1 amide bonds. The Labute approximate surface area is 151 Å². The number of nitrogens with one attached hydrogen (secondary N) is 1. The molecule has 1 aliphatic rings. The normalized spacial score (nSPS) is 20.3. The molecule has 2 heterocycles. The van der Waals surface area contributed by atoms with Crippen LogP contribution in [-0.4, -0.2) is 36.6 Å². The van der Waals surface area contributed by atoms with Gasteiger partial charge in [0.15, 0.2) is 0 Å². The van der Waals surface area contributed by atoms with Crippen molar-refractivity contribution in [1.29, 1.82) is 0 Å². The lowest BCUT2D eigenvalue weighted by molar-refractivity contribution is 0.100. The maximum absolute atomic E-state index is 13.7. The largest absolute Gasteiger partial charge is 0.366 e. The number of piperidine rings is 1. The number of carbonyl (C=O) groups excluding carboxylic acids is 1. The molecule has 0 unspecified atom stereocenters. The van der Waals surface area contributed by atoms with E-state index in [1.54, 1.807) is 10.9 Å². The van der Waals surface area contributed by atoms with Crippen LogP contribution in [0.5, 0.6) is 0 Å². The number of hydrogen-bond donors (Lipinski definition) is 2. The molecule has 3 aromatic rings. The molecule has 7 heteroatoms. The Bertz CT molecular complexity index is 977. The van der Waals surface area contributed by atoms with Gasteiger partial charge >= 0.3 is 0 Å². The van der Waals surface area contributed by atoms with Gasteiger partial charge in [0.25, 0.3) is 5.91 Å². The molecular weight excluding hydrogens is 330 g/mol. The zero-order valence-electron chi connectivity index (χ0n) is 14.2. The summed E-state index contributed by atoms with van der Waals surface area (Å²) < 4.78 is 15.3. The predicted octanol–water partition coefficient (Wildman–Crippen LogP) is 2.01. The van der Waals surface area contributed by atoms with Crippen LogP contribution in [0.25, 0.3) is 16.6 Å². The fourth-order valence-electron chi connectivity index (χ4n) is 3.54. The fraction of sp³-hybridized carbons (Fsp3) is 0.263. The summed E-state index contributed by atoms with van der Waals surface area (Å²) in [5.41, 5.74) is 7.66. The van der Waals surface area contributed by atoms with Crippen molar-refractivity contribution in [3.63, 3.8) is 0 Å². The van der Waals surface area contributed by atoms with Crippen molar-refractivity contribution in [3.05, 3.63) is 59.5 Å². The van der Waals surface area contributed by atoms with Crippen molar-refractivity contribution in [3.8, 4) is 5.69 Å². The number of aromatic nitrogens is 2. The van der Waals surface area contributed by atoms with Crippen LogP contribution in [0.3, 0.4) is 0 Å². The third-order valence-electron chi connectivity index (χ3n) is 4.96. The monoisotopic (exact) mass is 348 g/mol. The summed E-state index contributed by atoms with van der Waals surface area (Å²) >= 11 is 0. The van der Waals surface area contributed by atoms with Gasteiger partial charge in [0.2, 0.25) is 0 Å². The van der Waals surface area contributed by atoms with E-state index in [2.05, 4.69) is 10.4 Å². The first kappa shape index (κ1) is 16.8. The first-order valence-corrected chi connectivity index (χ1v) is 8.55. The molecule has 1 fully saturated rings. The Morgan fingerprint density at radius 2 is 2.08 bits per heavy atom. The molecule has 2 aromatic carbocycles. The van der Waals surface area contributed by atoms with Crippen LogP contribution < -0.4 is 11.1 Å². The topological polar surface area (TPSA) is 72.9 Å². The molecule has 2 radical (unpaired) electrons. The number of halogens is 1. The quantitative estimate of drug-likeness (QED) is 0.712. The Kier molecular flexibility index (Phi) is 4.03. The van der Waals surface area contributed by atoms with Crippen LogP contribution in [-0.2, 0) is 5.31 Å². The lowest BCUT2D eigenvalue weighted by atomic mass is 9.60. The lowest BCUT2D eigenvalue weighted by Gasteiger charge is -2.35. The molecule has 0 spiro atoms. The Morgan fingerprint density at radius 1 is 1.31 bits per heavy atom. The summed E-state index contributed by atoms with van der Waals surface area (Å²) in [7, 11) is 6.52. The fourth-order valence-corrected chi connectivity index (χ4v) is 3.54. The molecule has 0 bridgehead atoms. The minimum atomic E-state index is -0.704. The zero-order chi connectivity index (χ0) is 18.3. The molecule has 1 aliphatic heterocycles. The first-order chi connectivity index (χ1) is 12.5. The second kappa shape index (κ2) is 6.25. The van der Waals surface area contributed by atoms with E-state index >= 15 is 0 Å². The summed E-state index contributed by atoms with van der Waals surface area (Å²) in [6, 6.07) is 10.3. The van der Waals surface area contributed by atoms with Crippen molar-refractivity contribution in [2.75, 3.05) is 13.1 Å². The number of hydrogen-bond acceptors (Lipinski definition) is 3. The highest BCUT2D eigenvalue weighted by Crippen LogP contribution is 2.29. The van der Waals surface area contributed by atoms with E-state index in [1.165, 1.54) is 6.07 Å². The summed E-state index contributed by atoms with van der Waals surface area (Å²) in [4.78, 5) is 11.6. The standard InChI is InChI=1S/C19H18BFN4O/c20-19(6-1-7-23-11-19)13-2-4-15(5-3-13)25-10-12-8-14(21)9-16(18(22)26)17(12)24-25/h2-5,8-10,23H,1,6-7,11H2,(H2,22,26)/t19-/m0/s1. The van der Waals surface area contributed by atoms with E-state index in [-0.39, 0.29) is 10.9 Å². The number of carbonyl (C=O) groups is 1. The smallest absolute Gasteiger partial charge is 0.251 e. The van der Waals surface area contributed by atoms with Crippen LogP contribution in [0.15, 0.2) is 42.6 Å². The molecule has 1 saturated heterocycles. The number of benzene rings is 2. The number of nitrogens with zero attached hydrogens (tertiary/aromatic N) is 2. The van der Waals surface area contributed by atoms with Crippen LogP contribution in [0.1, 0.15) is 28.8 Å². The van der Waals surface area contributed by atoms with Crippen LogP contribution >= 0.6 is 0 Å². The highest BCUT2D eigenvalue weighted by molar-refractivity contribution is 6.16. The van der Waals surface area contributed by atoms with Crippen molar-refractivity contribution in [1.82, 2.24) is 15.1 Å². The second-order valence-electron chi connectivity index (χ2n) is 6.81. The molecule has 5 nitrogen and oxygen atoms in total. The predicted molar refractivity (Wildman–Crippen MR) is 99.1 cm³/mol. The summed E-state index contributed by atoms with van der Waals surface area (Å²) in [5, 5.41) is 7.90. The van der Waals surface area contributed by atoms with Gasteiger partial charge < -0.3 is 11.1 Å². The molecule has 4 rings (SSSR count). The SMILES string of the molecule is [B][C@@]1(c2ccc(-n3cc4cc(F)cc(C(N)=O)c4n3)cc2)CCCNC1. The molecule has 1 atom stereocenters. The van der Waals surface area contributed by atoms with E-state index < -0.39 is 11.7 Å². The van der Waals surface area contributed by atoms with Gasteiger partial charge in [0.05, 0.1) is 19.1 Å². The molecule has 26 heavy (non-hydrogen) atoms. The van der Waals surface area contributed by atoms with Gasteiger partial charge in [-0.25, -0.2) is 9.07 Å². The molecule has 3 N–H and O–H groups in total. The molecular formula is C19H18BFN4O. The van der Waals surface area contributed by atoms with Gasteiger partial charge in [-0.1, -0.05) is 12.1 Å². The van der Waals surface area contributed by atoms with Gasteiger partial charge in [-0.05, 0) is 61.1 Å². The average molecular weight is 348 g/mol. The highest BCUT2D eigenvalue weighted by Gasteiger charge is 2.27. The number of amides is 1. The second-order valence-corrected chi connectivity index (χ2v) is 6.81. The van der Waals surface area contributed by atoms with E-state index in [0.29, 0.717) is 10.9 Å². The third kappa shape index (κ3) is 2.88. The molecule has 1 aromatic heterocycles. The van der Waals surface area contributed by atoms with E-state index in [1.807, 2.05) is 24.3 Å². The summed E-state index contributed by atoms with van der Waals surface area (Å²) in [5.74, 6) is -1.22. The van der Waals surface area contributed by atoms with Crippen LogP contribution in [0.4, 0.5) is 4.39 Å². The van der Waals surface area contributed by atoms with Crippen LogP contribution in [0, 0.1) is 5.82 Å². The van der Waals surface area contributed by atoms with Gasteiger partial charge in [-0.15, -0.1) is 0 Å². The van der Waals surface area contributed by atoms with Gasteiger partial charge in [0.1, 0.15) is 11.3 Å². The van der Waals surface area contributed by atoms with E-state index in [0.717, 1.165) is 43.2 Å². The van der Waals surface area contributed by atoms with Crippen molar-refractivity contribution < 1.29 is 9.18 Å². The lowest BCUT2D eigenvalue weighted by Crippen LogP contribution is -2.43. The molecule has 0 aliphatic carbocycles. The van der Waals surface area contributed by atoms with Gasteiger partial charge in [-0.3, -0.25) is 4.79 Å². The maximum atomic E-state index is 13.7. The molecule has 130 valence electrons. The van der Waals surface area contributed by atoms with Crippen molar-refractivity contribution >= 4 is 24.7 Å². The number of rotatable bonds is 3. The Balaban J connectivity index is 1.72. The minimum Gasteiger partial charge on any atom is -0.366 e. The maximum Gasteiger partial charge on any atom is 0.251 e. The first-order valence-electron chi connectivity index (χ1n) is 8.55. The van der Waals surface area contributed by atoms with Crippen molar-refractivity contribution in [2.45, 2.75) is 18.2 Å². The Hall–Kier alpha value is -2.67. The minimum absolute atomic E-state index is 0.0737. The van der Waals surface area contributed by atoms with E-state index in [4.69, 9.17) is 13.6 Å². The summed E-state index contributed by atoms with van der Waals surface area (Å²) in [6.07, 6.45) is 3.66. The van der Waals surface area contributed by atoms with Crippen molar-refractivity contribution in [2.24, 2.45) is 5.73 Å².